The van der Waals surface area contributed by atoms with E-state index in [9.17, 15) is 0 Å². The van der Waals surface area contributed by atoms with Gasteiger partial charge in [-0.1, -0.05) is 37.2 Å². The quantitative estimate of drug-likeness (QED) is 0.682. The SMILES string of the molecule is CCn1c2ccc(C)cc2c2nnc(SCC(C)C)nc21. The minimum Gasteiger partial charge on any atom is -0.324 e. The summed E-state index contributed by atoms with van der Waals surface area (Å²) in [5, 5.41) is 10.7. The fourth-order valence-corrected chi connectivity index (χ4v) is 3.21. The number of benzene rings is 1. The molecule has 3 rings (SSSR count). The number of aromatic nitrogens is 4. The van der Waals surface area contributed by atoms with Crippen LogP contribution >= 0.6 is 11.8 Å². The normalized spacial score (nSPS) is 11.9. The predicted molar refractivity (Wildman–Crippen MR) is 88.8 cm³/mol. The van der Waals surface area contributed by atoms with Crippen molar-refractivity contribution in [3.63, 3.8) is 0 Å². The van der Waals surface area contributed by atoms with Crippen LogP contribution in [0.1, 0.15) is 26.3 Å². The summed E-state index contributed by atoms with van der Waals surface area (Å²) in [6.45, 7) is 9.52. The number of hydrogen-bond donors (Lipinski definition) is 0. The summed E-state index contributed by atoms with van der Waals surface area (Å²) >= 11 is 1.68. The Morgan fingerprint density at radius 1 is 1.24 bits per heavy atom. The molecule has 5 heteroatoms. The zero-order valence-electron chi connectivity index (χ0n) is 12.9. The molecule has 2 aromatic heterocycles. The zero-order chi connectivity index (χ0) is 15.0. The lowest BCUT2D eigenvalue weighted by Gasteiger charge is -2.04. The van der Waals surface area contributed by atoms with Crippen LogP contribution in [0.3, 0.4) is 0 Å². The van der Waals surface area contributed by atoms with Crippen molar-refractivity contribution >= 4 is 33.8 Å². The molecule has 0 unspecified atom stereocenters. The Balaban J connectivity index is 2.18. The van der Waals surface area contributed by atoms with Gasteiger partial charge in [0.1, 0.15) is 5.52 Å². The van der Waals surface area contributed by atoms with Crippen LogP contribution in [-0.2, 0) is 6.54 Å². The summed E-state index contributed by atoms with van der Waals surface area (Å²) in [4.78, 5) is 4.74. The second kappa shape index (κ2) is 5.64. The highest BCUT2D eigenvalue weighted by molar-refractivity contribution is 7.99. The Morgan fingerprint density at radius 2 is 2.05 bits per heavy atom. The molecule has 0 amide bonds. The van der Waals surface area contributed by atoms with Gasteiger partial charge in [0, 0.05) is 17.7 Å². The maximum atomic E-state index is 4.74. The van der Waals surface area contributed by atoms with Crippen LogP contribution in [0.15, 0.2) is 23.4 Å². The van der Waals surface area contributed by atoms with Crippen molar-refractivity contribution in [2.24, 2.45) is 5.92 Å². The molecule has 110 valence electrons. The van der Waals surface area contributed by atoms with E-state index in [1.165, 1.54) is 11.1 Å². The number of thioether (sulfide) groups is 1. The number of hydrogen-bond acceptors (Lipinski definition) is 4. The third kappa shape index (κ3) is 2.62. The van der Waals surface area contributed by atoms with E-state index in [0.717, 1.165) is 34.0 Å². The first-order valence-corrected chi connectivity index (χ1v) is 8.34. The van der Waals surface area contributed by atoms with Crippen molar-refractivity contribution in [1.82, 2.24) is 19.7 Å². The molecule has 0 saturated carbocycles. The van der Waals surface area contributed by atoms with Gasteiger partial charge in [-0.2, -0.15) is 0 Å². The molecule has 1 aromatic carbocycles. The molecule has 0 aliphatic rings. The van der Waals surface area contributed by atoms with Gasteiger partial charge in [0.05, 0.1) is 5.52 Å². The van der Waals surface area contributed by atoms with E-state index in [0.29, 0.717) is 5.92 Å². The molecular weight excluding hydrogens is 280 g/mol. The zero-order valence-corrected chi connectivity index (χ0v) is 13.7. The topological polar surface area (TPSA) is 43.6 Å². The maximum absolute atomic E-state index is 4.74. The van der Waals surface area contributed by atoms with E-state index in [4.69, 9.17) is 4.98 Å². The van der Waals surface area contributed by atoms with Crippen LogP contribution in [0.25, 0.3) is 22.1 Å². The van der Waals surface area contributed by atoms with Crippen LogP contribution in [0.2, 0.25) is 0 Å². The third-order valence-electron chi connectivity index (χ3n) is 3.46. The fourth-order valence-electron chi connectivity index (χ4n) is 2.48. The van der Waals surface area contributed by atoms with Gasteiger partial charge in [0.15, 0.2) is 5.65 Å². The number of fused-ring (bicyclic) bond motifs is 3. The molecule has 3 aromatic rings. The lowest BCUT2D eigenvalue weighted by molar-refractivity contribution is 0.744. The fraction of sp³-hybridized carbons (Fsp3) is 0.438. The van der Waals surface area contributed by atoms with Gasteiger partial charge < -0.3 is 4.57 Å². The Labute approximate surface area is 129 Å². The maximum Gasteiger partial charge on any atom is 0.211 e. The highest BCUT2D eigenvalue weighted by Crippen LogP contribution is 2.28. The molecule has 0 atom stereocenters. The van der Waals surface area contributed by atoms with Gasteiger partial charge in [0.25, 0.3) is 0 Å². The summed E-state index contributed by atoms with van der Waals surface area (Å²) in [7, 11) is 0. The van der Waals surface area contributed by atoms with Gasteiger partial charge in [-0.15, -0.1) is 10.2 Å². The van der Waals surface area contributed by atoms with Gasteiger partial charge in [-0.3, -0.25) is 0 Å². The van der Waals surface area contributed by atoms with Gasteiger partial charge in [0.2, 0.25) is 5.16 Å². The highest BCUT2D eigenvalue weighted by atomic mass is 32.2. The van der Waals surface area contributed by atoms with E-state index >= 15 is 0 Å². The minimum atomic E-state index is 0.619. The second-order valence-electron chi connectivity index (χ2n) is 5.74. The second-order valence-corrected chi connectivity index (χ2v) is 6.72. The molecule has 0 spiro atoms. The summed E-state index contributed by atoms with van der Waals surface area (Å²) < 4.78 is 2.22. The van der Waals surface area contributed by atoms with E-state index in [-0.39, 0.29) is 0 Å². The van der Waals surface area contributed by atoms with E-state index in [1.54, 1.807) is 11.8 Å². The smallest absolute Gasteiger partial charge is 0.211 e. The van der Waals surface area contributed by atoms with Crippen LogP contribution in [0.4, 0.5) is 0 Å². The Kier molecular flexibility index (Phi) is 3.85. The third-order valence-corrected chi connectivity index (χ3v) is 4.73. The largest absolute Gasteiger partial charge is 0.324 e. The number of nitrogens with zero attached hydrogens (tertiary/aromatic N) is 4. The van der Waals surface area contributed by atoms with Crippen molar-refractivity contribution in [2.75, 3.05) is 5.75 Å². The van der Waals surface area contributed by atoms with Crippen molar-refractivity contribution in [2.45, 2.75) is 39.4 Å². The molecule has 0 N–H and O–H groups in total. The van der Waals surface area contributed by atoms with Crippen molar-refractivity contribution in [3.05, 3.63) is 23.8 Å². The van der Waals surface area contributed by atoms with Gasteiger partial charge in [-0.05, 0) is 31.9 Å². The van der Waals surface area contributed by atoms with Crippen LogP contribution in [-0.4, -0.2) is 25.5 Å². The average molecular weight is 300 g/mol. The van der Waals surface area contributed by atoms with E-state index in [2.05, 4.69) is 60.7 Å². The van der Waals surface area contributed by atoms with Crippen LogP contribution in [0, 0.1) is 12.8 Å². The lowest BCUT2D eigenvalue weighted by Crippen LogP contribution is -2.00. The summed E-state index contributed by atoms with van der Waals surface area (Å²) in [5.74, 6) is 1.63. The number of rotatable bonds is 4. The average Bonchev–Trinajstić information content (AvgIpc) is 2.77. The number of aryl methyl sites for hydroxylation is 2. The molecule has 4 nitrogen and oxygen atoms in total. The van der Waals surface area contributed by atoms with E-state index in [1.807, 2.05) is 0 Å². The summed E-state index contributed by atoms with van der Waals surface area (Å²) in [6, 6.07) is 6.45. The van der Waals surface area contributed by atoms with Gasteiger partial charge >= 0.3 is 0 Å². The predicted octanol–water partition coefficient (Wildman–Crippen LogP) is 4.06. The monoisotopic (exact) mass is 300 g/mol. The molecule has 0 fully saturated rings. The molecule has 0 aliphatic heterocycles. The first-order chi connectivity index (χ1) is 10.1. The molecule has 0 radical (unpaired) electrons. The molecule has 2 heterocycles. The standard InChI is InChI=1S/C16H20N4S/c1-5-20-13-7-6-11(4)8-12(13)14-15(20)17-16(19-18-14)21-9-10(2)3/h6-8,10H,5,9H2,1-4H3. The first-order valence-electron chi connectivity index (χ1n) is 7.36. The van der Waals surface area contributed by atoms with Gasteiger partial charge in [-0.25, -0.2) is 4.98 Å². The minimum absolute atomic E-state index is 0.619. The Hall–Kier alpha value is -1.62. The van der Waals surface area contributed by atoms with Crippen molar-refractivity contribution < 1.29 is 0 Å². The highest BCUT2D eigenvalue weighted by Gasteiger charge is 2.14. The molecule has 0 aliphatic carbocycles. The van der Waals surface area contributed by atoms with E-state index < -0.39 is 0 Å². The lowest BCUT2D eigenvalue weighted by atomic mass is 10.2. The molecular formula is C16H20N4S. The Bertz CT molecular complexity index is 792. The summed E-state index contributed by atoms with van der Waals surface area (Å²) in [5.41, 5.74) is 4.27. The van der Waals surface area contributed by atoms with Crippen LogP contribution < -0.4 is 0 Å². The van der Waals surface area contributed by atoms with Crippen molar-refractivity contribution in [3.8, 4) is 0 Å². The molecule has 0 saturated heterocycles. The first kappa shape index (κ1) is 14.3. The van der Waals surface area contributed by atoms with Crippen LogP contribution in [0.5, 0.6) is 0 Å². The molecule has 21 heavy (non-hydrogen) atoms. The Morgan fingerprint density at radius 3 is 2.76 bits per heavy atom. The summed E-state index contributed by atoms with van der Waals surface area (Å²) in [6.07, 6.45) is 0. The van der Waals surface area contributed by atoms with Crippen molar-refractivity contribution in [1.29, 1.82) is 0 Å². The molecule has 0 bridgehead atoms.